The van der Waals surface area contributed by atoms with Crippen LogP contribution in [0.2, 0.25) is 5.02 Å². The van der Waals surface area contributed by atoms with Crippen molar-refractivity contribution in [2.75, 3.05) is 26.7 Å². The second kappa shape index (κ2) is 6.98. The predicted molar refractivity (Wildman–Crippen MR) is 76.6 cm³/mol. The van der Waals surface area contributed by atoms with Crippen LogP contribution in [0, 0.1) is 5.92 Å². The minimum absolute atomic E-state index is 0. The van der Waals surface area contributed by atoms with Gasteiger partial charge in [0.05, 0.1) is 0 Å². The number of nitrogens with zero attached hydrogens (tertiary/aromatic N) is 1. The van der Waals surface area contributed by atoms with Gasteiger partial charge in [-0.3, -0.25) is 4.79 Å². The second-order valence-electron chi connectivity index (χ2n) is 4.47. The molecule has 3 nitrogen and oxygen atoms in total. The fourth-order valence-corrected chi connectivity index (χ4v) is 2.47. The van der Waals surface area contributed by atoms with Crippen molar-refractivity contribution in [1.29, 1.82) is 0 Å². The van der Waals surface area contributed by atoms with Crippen molar-refractivity contribution in [2.45, 2.75) is 6.42 Å². The summed E-state index contributed by atoms with van der Waals surface area (Å²) in [6.45, 7) is 2.66. The van der Waals surface area contributed by atoms with Crippen LogP contribution in [0.15, 0.2) is 24.3 Å². The van der Waals surface area contributed by atoms with E-state index >= 15 is 0 Å². The van der Waals surface area contributed by atoms with Crippen molar-refractivity contribution >= 4 is 29.9 Å². The molecule has 1 amide bonds. The van der Waals surface area contributed by atoms with E-state index in [1.807, 2.05) is 24.1 Å². The minimum atomic E-state index is 0. The highest BCUT2D eigenvalue weighted by Gasteiger charge is 2.26. The second-order valence-corrected chi connectivity index (χ2v) is 4.91. The lowest BCUT2D eigenvalue weighted by Gasteiger charge is -2.16. The fraction of sp³-hybridized carbons (Fsp3) is 0.462. The molecule has 18 heavy (non-hydrogen) atoms. The van der Waals surface area contributed by atoms with Gasteiger partial charge in [-0.05, 0) is 44.1 Å². The van der Waals surface area contributed by atoms with E-state index in [1.54, 1.807) is 12.1 Å². The third-order valence-electron chi connectivity index (χ3n) is 3.14. The zero-order valence-corrected chi connectivity index (χ0v) is 11.9. The van der Waals surface area contributed by atoms with Gasteiger partial charge in [0.2, 0.25) is 0 Å². The monoisotopic (exact) mass is 288 g/mol. The first kappa shape index (κ1) is 15.3. The van der Waals surface area contributed by atoms with Gasteiger partial charge in [0.15, 0.2) is 0 Å². The van der Waals surface area contributed by atoms with Crippen LogP contribution in [0.3, 0.4) is 0 Å². The highest BCUT2D eigenvalue weighted by atomic mass is 35.5. The summed E-state index contributed by atoms with van der Waals surface area (Å²) in [5.41, 5.74) is 0.683. The zero-order chi connectivity index (χ0) is 12.3. The first-order valence-corrected chi connectivity index (χ1v) is 6.28. The molecule has 1 aliphatic heterocycles. The normalized spacial score (nSPS) is 18.6. The molecule has 1 fully saturated rings. The van der Waals surface area contributed by atoms with Gasteiger partial charge in [-0.15, -0.1) is 12.4 Å². The molecule has 0 bridgehead atoms. The lowest BCUT2D eigenvalue weighted by molar-refractivity contribution is 0.0787. The van der Waals surface area contributed by atoms with Gasteiger partial charge in [-0.2, -0.15) is 0 Å². The van der Waals surface area contributed by atoms with Crippen LogP contribution >= 0.6 is 24.0 Å². The Kier molecular flexibility index (Phi) is 5.93. The molecule has 0 radical (unpaired) electrons. The number of rotatable bonds is 3. The van der Waals surface area contributed by atoms with Gasteiger partial charge in [0, 0.05) is 23.7 Å². The fourth-order valence-electron chi connectivity index (χ4n) is 2.28. The van der Waals surface area contributed by atoms with E-state index in [2.05, 4.69) is 5.32 Å². The predicted octanol–water partition coefficient (Wildman–Crippen LogP) is 2.44. The van der Waals surface area contributed by atoms with Gasteiger partial charge in [-0.1, -0.05) is 17.7 Å². The van der Waals surface area contributed by atoms with E-state index in [4.69, 9.17) is 11.6 Å². The number of amides is 1. The lowest BCUT2D eigenvalue weighted by atomic mass is 10.1. The summed E-state index contributed by atoms with van der Waals surface area (Å²) < 4.78 is 0. The zero-order valence-electron chi connectivity index (χ0n) is 10.4. The molecule has 1 N–H and O–H groups in total. The molecule has 1 heterocycles. The Bertz CT molecular complexity index is 412. The highest BCUT2D eigenvalue weighted by molar-refractivity contribution is 6.30. The van der Waals surface area contributed by atoms with Crippen molar-refractivity contribution in [3.05, 3.63) is 34.9 Å². The van der Waals surface area contributed by atoms with Crippen LogP contribution in [0.4, 0.5) is 0 Å². The molecule has 0 aliphatic carbocycles. The third-order valence-corrected chi connectivity index (χ3v) is 3.37. The average molecular weight is 289 g/mol. The van der Waals surface area contributed by atoms with Crippen molar-refractivity contribution in [3.63, 3.8) is 0 Å². The number of hydrogen-bond donors (Lipinski definition) is 1. The van der Waals surface area contributed by atoms with Crippen LogP contribution in [0.1, 0.15) is 16.8 Å². The number of carbonyl (C=O) groups is 1. The van der Waals surface area contributed by atoms with E-state index in [0.717, 1.165) is 26.1 Å². The van der Waals surface area contributed by atoms with Crippen molar-refractivity contribution in [2.24, 2.45) is 5.92 Å². The molecule has 1 aromatic rings. The topological polar surface area (TPSA) is 32.3 Å². The SMILES string of the molecule is CNCC1CCN(C(=O)c2cccc(Cl)c2)C1.Cl. The van der Waals surface area contributed by atoms with E-state index in [-0.39, 0.29) is 18.3 Å². The summed E-state index contributed by atoms with van der Waals surface area (Å²) in [4.78, 5) is 14.1. The van der Waals surface area contributed by atoms with Gasteiger partial charge in [-0.25, -0.2) is 0 Å². The van der Waals surface area contributed by atoms with E-state index in [9.17, 15) is 4.79 Å². The smallest absolute Gasteiger partial charge is 0.253 e. The van der Waals surface area contributed by atoms with Crippen LogP contribution in [0.25, 0.3) is 0 Å². The molecule has 0 spiro atoms. The third kappa shape index (κ3) is 3.61. The largest absolute Gasteiger partial charge is 0.338 e. The Balaban J connectivity index is 0.00000162. The molecule has 1 aliphatic rings. The Morgan fingerprint density at radius 3 is 3.00 bits per heavy atom. The number of hydrogen-bond acceptors (Lipinski definition) is 2. The molecule has 100 valence electrons. The Hall–Kier alpha value is -0.770. The van der Waals surface area contributed by atoms with Gasteiger partial charge in [0.25, 0.3) is 5.91 Å². The van der Waals surface area contributed by atoms with Crippen molar-refractivity contribution in [1.82, 2.24) is 10.2 Å². The molecular weight excluding hydrogens is 271 g/mol. The van der Waals surface area contributed by atoms with Crippen LogP contribution in [-0.4, -0.2) is 37.5 Å². The maximum Gasteiger partial charge on any atom is 0.253 e. The van der Waals surface area contributed by atoms with E-state index < -0.39 is 0 Å². The summed E-state index contributed by atoms with van der Waals surface area (Å²) >= 11 is 5.89. The van der Waals surface area contributed by atoms with Crippen LogP contribution < -0.4 is 5.32 Å². The van der Waals surface area contributed by atoms with Crippen LogP contribution in [-0.2, 0) is 0 Å². The maximum atomic E-state index is 12.2. The van der Waals surface area contributed by atoms with E-state index in [1.165, 1.54) is 0 Å². The van der Waals surface area contributed by atoms with Gasteiger partial charge >= 0.3 is 0 Å². The Labute approximate surface area is 119 Å². The van der Waals surface area contributed by atoms with Crippen molar-refractivity contribution in [3.8, 4) is 0 Å². The lowest BCUT2D eigenvalue weighted by Crippen LogP contribution is -2.30. The van der Waals surface area contributed by atoms with Crippen molar-refractivity contribution < 1.29 is 4.79 Å². The number of likely N-dealkylation sites (tertiary alicyclic amines) is 1. The first-order chi connectivity index (χ1) is 8.20. The van der Waals surface area contributed by atoms with Gasteiger partial charge in [0.1, 0.15) is 0 Å². The molecule has 0 aromatic heterocycles. The summed E-state index contributed by atoms with van der Waals surface area (Å²) in [6.07, 6.45) is 1.08. The molecule has 1 aromatic carbocycles. The number of halogens is 2. The number of carbonyl (C=O) groups excluding carboxylic acids is 1. The highest BCUT2D eigenvalue weighted by Crippen LogP contribution is 2.19. The quantitative estimate of drug-likeness (QED) is 0.927. The maximum absolute atomic E-state index is 12.2. The molecular formula is C13H18Cl2N2O. The van der Waals surface area contributed by atoms with Gasteiger partial charge < -0.3 is 10.2 Å². The molecule has 0 saturated carbocycles. The summed E-state index contributed by atoms with van der Waals surface area (Å²) in [7, 11) is 1.95. The summed E-state index contributed by atoms with van der Waals surface area (Å²) in [5.74, 6) is 0.661. The molecule has 1 unspecified atom stereocenters. The molecule has 1 atom stereocenters. The number of benzene rings is 1. The minimum Gasteiger partial charge on any atom is -0.338 e. The summed E-state index contributed by atoms with van der Waals surface area (Å²) in [6, 6.07) is 7.15. The molecule has 5 heteroatoms. The Morgan fingerprint density at radius 2 is 2.33 bits per heavy atom. The van der Waals surface area contributed by atoms with E-state index in [0.29, 0.717) is 16.5 Å². The molecule has 1 saturated heterocycles. The average Bonchev–Trinajstić information content (AvgIpc) is 2.77. The molecule has 2 rings (SSSR count). The van der Waals surface area contributed by atoms with Crippen LogP contribution in [0.5, 0.6) is 0 Å². The number of nitrogens with one attached hydrogen (secondary N) is 1. The standard InChI is InChI=1S/C13H17ClN2O.ClH/c1-15-8-10-5-6-16(9-10)13(17)11-3-2-4-12(14)7-11;/h2-4,7,10,15H,5-6,8-9H2,1H3;1H. The summed E-state index contributed by atoms with van der Waals surface area (Å²) in [5, 5.41) is 3.77. The first-order valence-electron chi connectivity index (χ1n) is 5.90. The Morgan fingerprint density at radius 1 is 1.56 bits per heavy atom.